The molecular formula is C20H30N4O5. The molecular weight excluding hydrogens is 376 g/mol. The van der Waals surface area contributed by atoms with Gasteiger partial charge in [-0.05, 0) is 45.5 Å². The average Bonchev–Trinajstić information content (AvgIpc) is 2.75. The second-order valence-electron chi connectivity index (χ2n) is 7.44. The lowest BCUT2D eigenvalue weighted by molar-refractivity contribution is -0.134. The normalized spacial score (nSPS) is 16.1. The molecule has 1 aliphatic rings. The molecule has 0 spiro atoms. The number of anilines is 1. The third-order valence-corrected chi connectivity index (χ3v) is 4.42. The van der Waals surface area contributed by atoms with Crippen LogP contribution < -0.4 is 4.90 Å². The molecule has 1 atom stereocenters. The van der Waals surface area contributed by atoms with Crippen molar-refractivity contribution in [2.24, 2.45) is 5.92 Å². The zero-order valence-electron chi connectivity index (χ0n) is 17.6. The van der Waals surface area contributed by atoms with E-state index in [0.29, 0.717) is 18.1 Å². The lowest BCUT2D eigenvalue weighted by Crippen LogP contribution is -2.31. The molecule has 0 aliphatic carbocycles. The monoisotopic (exact) mass is 406 g/mol. The molecule has 0 bridgehead atoms. The summed E-state index contributed by atoms with van der Waals surface area (Å²) in [4.78, 5) is 42.2. The van der Waals surface area contributed by atoms with Gasteiger partial charge in [0.25, 0.3) is 5.91 Å². The first-order valence-corrected chi connectivity index (χ1v) is 9.21. The van der Waals surface area contributed by atoms with Crippen molar-refractivity contribution in [2.45, 2.75) is 12.8 Å². The van der Waals surface area contributed by atoms with Gasteiger partial charge in [0.2, 0.25) is 0 Å². The summed E-state index contributed by atoms with van der Waals surface area (Å²) in [7, 11) is 9.99. The van der Waals surface area contributed by atoms with Crippen LogP contribution in [0.2, 0.25) is 0 Å². The largest absolute Gasteiger partial charge is 0.478 e. The molecule has 2 N–H and O–H groups in total. The Hall–Kier alpha value is -2.94. The van der Waals surface area contributed by atoms with Gasteiger partial charge in [0.1, 0.15) is 0 Å². The number of amides is 1. The molecule has 9 heteroatoms. The fraction of sp³-hybridized carbons (Fsp3) is 0.500. The highest BCUT2D eigenvalue weighted by molar-refractivity contribution is 5.96. The van der Waals surface area contributed by atoms with E-state index in [1.165, 1.54) is 0 Å². The molecule has 1 aliphatic heterocycles. The standard InChI is InChI=1S/C16H26N4O.C4H4O4/c1-18(2)7-6-12-8-15-14(16(21)20(5)11-12)9-13(10-17-15)19(3)4;5-3(6)1-2-4(7)8/h9-10,12H,6-8,11H2,1-5H3;1-2H,(H,5,6)(H,7,8). The SMILES string of the molecule is CN(C)CCC1Cc2ncc(N(C)C)cc2C(=O)N(C)C1.O=C(O)C=CC(=O)O. The third-order valence-electron chi connectivity index (χ3n) is 4.42. The van der Waals surface area contributed by atoms with E-state index in [2.05, 4.69) is 24.0 Å². The van der Waals surface area contributed by atoms with Crippen LogP contribution in [-0.4, -0.2) is 91.2 Å². The van der Waals surface area contributed by atoms with Gasteiger partial charge in [-0.3, -0.25) is 9.78 Å². The molecule has 0 saturated carbocycles. The first kappa shape index (κ1) is 24.1. The van der Waals surface area contributed by atoms with E-state index in [4.69, 9.17) is 10.2 Å². The number of rotatable bonds is 6. The number of fused-ring (bicyclic) bond motifs is 1. The quantitative estimate of drug-likeness (QED) is 0.674. The maximum Gasteiger partial charge on any atom is 0.328 e. The Labute approximate surface area is 171 Å². The van der Waals surface area contributed by atoms with E-state index in [9.17, 15) is 14.4 Å². The molecule has 0 radical (unpaired) electrons. The van der Waals surface area contributed by atoms with Crippen molar-refractivity contribution in [2.75, 3.05) is 53.2 Å². The number of carboxylic acid groups (broad SMARTS) is 2. The summed E-state index contributed by atoms with van der Waals surface area (Å²) >= 11 is 0. The highest BCUT2D eigenvalue weighted by Crippen LogP contribution is 2.24. The van der Waals surface area contributed by atoms with Crippen LogP contribution in [0.1, 0.15) is 22.5 Å². The van der Waals surface area contributed by atoms with Crippen LogP contribution in [0.4, 0.5) is 5.69 Å². The van der Waals surface area contributed by atoms with Crippen molar-refractivity contribution in [3.8, 4) is 0 Å². The van der Waals surface area contributed by atoms with Gasteiger partial charge in [-0.1, -0.05) is 0 Å². The number of hydrogen-bond acceptors (Lipinski definition) is 6. The number of aliphatic carboxylic acids is 2. The van der Waals surface area contributed by atoms with Gasteiger partial charge in [-0.2, -0.15) is 0 Å². The second kappa shape index (κ2) is 11.2. The smallest absolute Gasteiger partial charge is 0.328 e. The minimum Gasteiger partial charge on any atom is -0.478 e. The molecule has 1 aromatic heterocycles. The summed E-state index contributed by atoms with van der Waals surface area (Å²) in [5.74, 6) is -1.95. The maximum absolute atomic E-state index is 12.6. The summed E-state index contributed by atoms with van der Waals surface area (Å²) < 4.78 is 0. The van der Waals surface area contributed by atoms with Crippen LogP contribution in [0.15, 0.2) is 24.4 Å². The molecule has 1 unspecified atom stereocenters. The van der Waals surface area contributed by atoms with Crippen molar-refractivity contribution in [1.29, 1.82) is 0 Å². The lowest BCUT2D eigenvalue weighted by atomic mass is 9.98. The van der Waals surface area contributed by atoms with Crippen LogP contribution in [0, 0.1) is 5.92 Å². The van der Waals surface area contributed by atoms with Crippen LogP contribution in [0.3, 0.4) is 0 Å². The van der Waals surface area contributed by atoms with Crippen molar-refractivity contribution in [1.82, 2.24) is 14.8 Å². The van der Waals surface area contributed by atoms with E-state index >= 15 is 0 Å². The van der Waals surface area contributed by atoms with Gasteiger partial charge in [-0.15, -0.1) is 0 Å². The Balaban J connectivity index is 0.000000447. The van der Waals surface area contributed by atoms with Crippen molar-refractivity contribution < 1.29 is 24.6 Å². The fourth-order valence-electron chi connectivity index (χ4n) is 2.86. The summed E-state index contributed by atoms with van der Waals surface area (Å²) in [6, 6.07) is 1.97. The predicted octanol–water partition coefficient (Wildman–Crippen LogP) is 1.06. The van der Waals surface area contributed by atoms with Gasteiger partial charge in [0.05, 0.1) is 23.1 Å². The van der Waals surface area contributed by atoms with Crippen molar-refractivity contribution in [3.05, 3.63) is 35.7 Å². The third kappa shape index (κ3) is 8.30. The van der Waals surface area contributed by atoms with E-state index in [1.807, 2.05) is 43.2 Å². The van der Waals surface area contributed by atoms with Crippen LogP contribution in [0.5, 0.6) is 0 Å². The molecule has 0 fully saturated rings. The Morgan fingerprint density at radius 1 is 1.21 bits per heavy atom. The Morgan fingerprint density at radius 2 is 1.79 bits per heavy atom. The zero-order chi connectivity index (χ0) is 22.1. The average molecular weight is 406 g/mol. The molecule has 29 heavy (non-hydrogen) atoms. The number of carbonyl (C=O) groups is 3. The van der Waals surface area contributed by atoms with Gasteiger partial charge < -0.3 is 24.9 Å². The molecule has 2 rings (SSSR count). The Bertz CT molecular complexity index is 745. The van der Waals surface area contributed by atoms with E-state index < -0.39 is 11.9 Å². The minimum atomic E-state index is -1.26. The summed E-state index contributed by atoms with van der Waals surface area (Å²) in [6.07, 6.45) is 4.94. The Morgan fingerprint density at radius 3 is 2.28 bits per heavy atom. The molecule has 1 aromatic rings. The van der Waals surface area contributed by atoms with Crippen LogP contribution in [0.25, 0.3) is 0 Å². The number of nitrogens with zero attached hydrogens (tertiary/aromatic N) is 4. The topological polar surface area (TPSA) is 114 Å². The van der Waals surface area contributed by atoms with Crippen LogP contribution in [-0.2, 0) is 16.0 Å². The molecule has 1 amide bonds. The minimum absolute atomic E-state index is 0.0913. The maximum atomic E-state index is 12.6. The number of hydrogen-bond donors (Lipinski definition) is 2. The second-order valence-corrected chi connectivity index (χ2v) is 7.44. The highest BCUT2D eigenvalue weighted by atomic mass is 16.4. The highest BCUT2D eigenvalue weighted by Gasteiger charge is 2.26. The molecule has 0 saturated heterocycles. The first-order valence-electron chi connectivity index (χ1n) is 9.21. The van der Waals surface area contributed by atoms with Crippen molar-refractivity contribution in [3.63, 3.8) is 0 Å². The number of carbonyl (C=O) groups excluding carboxylic acids is 1. The van der Waals surface area contributed by atoms with E-state index in [-0.39, 0.29) is 5.91 Å². The van der Waals surface area contributed by atoms with Gasteiger partial charge in [-0.25, -0.2) is 9.59 Å². The number of aromatic nitrogens is 1. The van der Waals surface area contributed by atoms with Crippen LogP contribution >= 0.6 is 0 Å². The molecule has 2 heterocycles. The van der Waals surface area contributed by atoms with Gasteiger partial charge in [0, 0.05) is 39.8 Å². The lowest BCUT2D eigenvalue weighted by Gasteiger charge is -2.21. The predicted molar refractivity (Wildman–Crippen MR) is 110 cm³/mol. The number of pyridine rings is 1. The number of carboxylic acids is 2. The van der Waals surface area contributed by atoms with E-state index in [0.717, 1.165) is 42.9 Å². The molecule has 9 nitrogen and oxygen atoms in total. The van der Waals surface area contributed by atoms with Gasteiger partial charge >= 0.3 is 11.9 Å². The van der Waals surface area contributed by atoms with Gasteiger partial charge in [0.15, 0.2) is 0 Å². The summed E-state index contributed by atoms with van der Waals surface area (Å²) in [5, 5.41) is 15.6. The zero-order valence-corrected chi connectivity index (χ0v) is 17.6. The fourth-order valence-corrected chi connectivity index (χ4v) is 2.86. The summed E-state index contributed by atoms with van der Waals surface area (Å²) in [5.41, 5.74) is 2.68. The Kier molecular flexibility index (Phi) is 9.27. The van der Waals surface area contributed by atoms with E-state index in [1.54, 1.807) is 0 Å². The van der Waals surface area contributed by atoms with Crippen molar-refractivity contribution >= 4 is 23.5 Å². The molecule has 0 aromatic carbocycles. The summed E-state index contributed by atoms with van der Waals surface area (Å²) in [6.45, 7) is 1.85. The molecule has 160 valence electrons. The first-order chi connectivity index (χ1) is 13.5.